The zero-order valence-corrected chi connectivity index (χ0v) is 17.9. The van der Waals surface area contributed by atoms with Crippen molar-refractivity contribution in [3.63, 3.8) is 0 Å². The van der Waals surface area contributed by atoms with Crippen molar-refractivity contribution in [3.8, 4) is 0 Å². The second kappa shape index (κ2) is 8.33. The molecule has 2 heterocycles. The number of rotatable bonds is 5. The topological polar surface area (TPSA) is 81.3 Å². The second-order valence-electron chi connectivity index (χ2n) is 6.83. The number of hydrogen-bond donors (Lipinski definition) is 1. The molecule has 7 nitrogen and oxygen atoms in total. The highest BCUT2D eigenvalue weighted by atomic mass is 35.5. The third kappa shape index (κ3) is 4.39. The van der Waals surface area contributed by atoms with E-state index in [1.807, 2.05) is 44.2 Å². The van der Waals surface area contributed by atoms with E-state index in [4.69, 9.17) is 11.6 Å². The highest BCUT2D eigenvalue weighted by Gasteiger charge is 2.14. The maximum Gasteiger partial charge on any atom is 0.367 e. The number of benzene rings is 2. The van der Waals surface area contributed by atoms with Crippen molar-refractivity contribution in [2.24, 2.45) is 0 Å². The van der Waals surface area contributed by atoms with E-state index in [1.54, 1.807) is 24.3 Å². The van der Waals surface area contributed by atoms with Crippen LogP contribution < -0.4 is 11.0 Å². The Kier molecular flexibility index (Phi) is 5.61. The summed E-state index contributed by atoms with van der Waals surface area (Å²) in [6.45, 7) is 3.69. The average Bonchev–Trinajstić information content (AvgIpc) is 3.01. The van der Waals surface area contributed by atoms with E-state index < -0.39 is 11.6 Å². The Morgan fingerprint density at radius 1 is 1.03 bits per heavy atom. The highest BCUT2D eigenvalue weighted by molar-refractivity contribution is 7.99. The number of carbonyl (C=O) groups excluding carboxylic acids is 1. The molecular formula is C21H18ClN5O2S. The maximum atomic E-state index is 12.7. The van der Waals surface area contributed by atoms with Gasteiger partial charge in [-0.3, -0.25) is 4.79 Å². The molecule has 4 aromatic rings. The number of nitrogens with zero attached hydrogens (tertiary/aromatic N) is 4. The lowest BCUT2D eigenvalue weighted by Gasteiger charge is -2.07. The molecule has 1 amide bonds. The second-order valence-corrected chi connectivity index (χ2v) is 8.33. The number of amides is 1. The van der Waals surface area contributed by atoms with Gasteiger partial charge in [0.05, 0.1) is 10.7 Å². The number of fused-ring (bicyclic) bond motifs is 1. The molecule has 2 aromatic carbocycles. The number of halogens is 1. The Bertz CT molecular complexity index is 1300. The average molecular weight is 440 g/mol. The molecule has 2 aromatic heterocycles. The van der Waals surface area contributed by atoms with Crippen molar-refractivity contribution < 1.29 is 4.79 Å². The van der Waals surface area contributed by atoms with Crippen LogP contribution in [0.25, 0.3) is 5.65 Å². The SMILES string of the molecule is Cc1ccc(Sc2ccc3nn(CC(=O)Nc4ccc(C)cc4Cl)c(=O)n3n2)cc1. The van der Waals surface area contributed by atoms with Crippen LogP contribution in [0.3, 0.4) is 0 Å². The van der Waals surface area contributed by atoms with Crippen LogP contribution in [0.4, 0.5) is 5.69 Å². The smallest absolute Gasteiger partial charge is 0.323 e. The minimum absolute atomic E-state index is 0.243. The van der Waals surface area contributed by atoms with E-state index in [1.165, 1.54) is 21.8 Å². The van der Waals surface area contributed by atoms with E-state index in [2.05, 4.69) is 15.5 Å². The van der Waals surface area contributed by atoms with Crippen LogP contribution in [-0.4, -0.2) is 25.3 Å². The first kappa shape index (κ1) is 20.2. The fraction of sp³-hybridized carbons (Fsp3) is 0.143. The van der Waals surface area contributed by atoms with Crippen molar-refractivity contribution in [3.05, 3.63) is 81.2 Å². The number of aromatic nitrogens is 4. The summed E-state index contributed by atoms with van der Waals surface area (Å²) in [7, 11) is 0. The van der Waals surface area contributed by atoms with Crippen LogP contribution in [0.1, 0.15) is 11.1 Å². The molecule has 1 N–H and O–H groups in total. The summed E-state index contributed by atoms with van der Waals surface area (Å²) in [5.41, 5.74) is 2.53. The summed E-state index contributed by atoms with van der Waals surface area (Å²) in [6, 6.07) is 16.9. The van der Waals surface area contributed by atoms with Crippen LogP contribution in [-0.2, 0) is 11.3 Å². The number of nitrogens with one attached hydrogen (secondary N) is 1. The minimum Gasteiger partial charge on any atom is -0.323 e. The molecule has 0 saturated carbocycles. The summed E-state index contributed by atoms with van der Waals surface area (Å²) in [6.07, 6.45) is 0. The van der Waals surface area contributed by atoms with Gasteiger partial charge in [-0.25, -0.2) is 9.48 Å². The van der Waals surface area contributed by atoms with Gasteiger partial charge in [-0.1, -0.05) is 47.1 Å². The van der Waals surface area contributed by atoms with Crippen LogP contribution in [0, 0.1) is 13.8 Å². The predicted molar refractivity (Wildman–Crippen MR) is 117 cm³/mol. The molecule has 0 radical (unpaired) electrons. The molecule has 9 heteroatoms. The van der Waals surface area contributed by atoms with E-state index in [-0.39, 0.29) is 6.54 Å². The molecular weight excluding hydrogens is 422 g/mol. The van der Waals surface area contributed by atoms with Crippen molar-refractivity contribution in [2.45, 2.75) is 30.3 Å². The lowest BCUT2D eigenvalue weighted by Crippen LogP contribution is -2.29. The third-order valence-corrected chi connectivity index (χ3v) is 5.60. The molecule has 0 aliphatic rings. The number of aryl methyl sites for hydroxylation is 2. The molecule has 0 aliphatic heterocycles. The van der Waals surface area contributed by atoms with Gasteiger partial charge in [-0.2, -0.15) is 9.61 Å². The fourth-order valence-electron chi connectivity index (χ4n) is 2.82. The number of anilines is 1. The fourth-order valence-corrected chi connectivity index (χ4v) is 3.88. The highest BCUT2D eigenvalue weighted by Crippen LogP contribution is 2.26. The van der Waals surface area contributed by atoms with Crippen LogP contribution in [0.15, 0.2) is 69.3 Å². The van der Waals surface area contributed by atoms with Gasteiger partial charge in [0.15, 0.2) is 5.65 Å². The first-order valence-electron chi connectivity index (χ1n) is 9.16. The summed E-state index contributed by atoms with van der Waals surface area (Å²) in [4.78, 5) is 26.1. The molecule has 30 heavy (non-hydrogen) atoms. The first-order chi connectivity index (χ1) is 14.4. The Hall–Kier alpha value is -3.10. The Morgan fingerprint density at radius 2 is 1.77 bits per heavy atom. The zero-order chi connectivity index (χ0) is 21.3. The molecule has 0 unspecified atom stereocenters. The normalized spacial score (nSPS) is 11.0. The van der Waals surface area contributed by atoms with Gasteiger partial charge in [-0.05, 0) is 55.8 Å². The lowest BCUT2D eigenvalue weighted by molar-refractivity contribution is -0.117. The van der Waals surface area contributed by atoms with Crippen LogP contribution >= 0.6 is 23.4 Å². The predicted octanol–water partition coefficient (Wildman–Crippen LogP) is 3.95. The van der Waals surface area contributed by atoms with Crippen molar-refractivity contribution >= 4 is 40.6 Å². The molecule has 152 valence electrons. The number of carbonyl (C=O) groups is 1. The molecule has 0 bridgehead atoms. The van der Waals surface area contributed by atoms with E-state index >= 15 is 0 Å². The van der Waals surface area contributed by atoms with Crippen molar-refractivity contribution in [2.75, 3.05) is 5.32 Å². The van der Waals surface area contributed by atoms with Gasteiger partial charge in [-0.15, -0.1) is 5.10 Å². The van der Waals surface area contributed by atoms with Crippen LogP contribution in [0.5, 0.6) is 0 Å². The van der Waals surface area contributed by atoms with Gasteiger partial charge in [0, 0.05) is 4.90 Å². The summed E-state index contributed by atoms with van der Waals surface area (Å²) >= 11 is 7.59. The monoisotopic (exact) mass is 439 g/mol. The molecule has 0 atom stereocenters. The summed E-state index contributed by atoms with van der Waals surface area (Å²) in [5.74, 6) is -0.402. The van der Waals surface area contributed by atoms with E-state index in [9.17, 15) is 9.59 Å². The maximum absolute atomic E-state index is 12.7. The van der Waals surface area contributed by atoms with Crippen molar-refractivity contribution in [1.82, 2.24) is 19.4 Å². The summed E-state index contributed by atoms with van der Waals surface area (Å²) < 4.78 is 2.28. The quantitative estimate of drug-likeness (QED) is 0.509. The Balaban J connectivity index is 1.53. The first-order valence-corrected chi connectivity index (χ1v) is 10.4. The van der Waals surface area contributed by atoms with Crippen LogP contribution in [0.2, 0.25) is 5.02 Å². The van der Waals surface area contributed by atoms with E-state index in [0.717, 1.165) is 15.1 Å². The largest absolute Gasteiger partial charge is 0.367 e. The Labute approximate surface area is 181 Å². The third-order valence-electron chi connectivity index (χ3n) is 4.35. The van der Waals surface area contributed by atoms with Crippen molar-refractivity contribution in [1.29, 1.82) is 0 Å². The molecule has 0 fully saturated rings. The lowest BCUT2D eigenvalue weighted by atomic mass is 10.2. The molecule has 0 aliphatic carbocycles. The number of hydrogen-bond acceptors (Lipinski definition) is 5. The van der Waals surface area contributed by atoms with Gasteiger partial charge < -0.3 is 5.32 Å². The summed E-state index contributed by atoms with van der Waals surface area (Å²) in [5, 5.41) is 12.3. The van der Waals surface area contributed by atoms with Gasteiger partial charge >= 0.3 is 5.69 Å². The Morgan fingerprint density at radius 3 is 2.50 bits per heavy atom. The zero-order valence-electron chi connectivity index (χ0n) is 16.3. The minimum atomic E-state index is -0.485. The standard InChI is InChI=1S/C21H18ClN5O2S/c1-13-3-6-15(7-4-13)30-20-10-9-18-24-26(21(29)27(18)25-20)12-19(28)23-17-8-5-14(2)11-16(17)22/h3-11H,12H2,1-2H3,(H,23,28). The van der Waals surface area contributed by atoms with E-state index in [0.29, 0.717) is 21.4 Å². The molecule has 0 spiro atoms. The molecule has 0 saturated heterocycles. The van der Waals surface area contributed by atoms with Gasteiger partial charge in [0.2, 0.25) is 5.91 Å². The van der Waals surface area contributed by atoms with Gasteiger partial charge in [0.25, 0.3) is 0 Å². The molecule has 4 rings (SSSR count). The van der Waals surface area contributed by atoms with Gasteiger partial charge in [0.1, 0.15) is 11.6 Å².